The number of piperidine rings is 1. The summed E-state index contributed by atoms with van der Waals surface area (Å²) in [6.07, 6.45) is 7.19. The average Bonchev–Trinajstić information content (AvgIpc) is 3.50. The summed E-state index contributed by atoms with van der Waals surface area (Å²) in [5.74, 6) is 0.271. The van der Waals surface area contributed by atoms with Gasteiger partial charge in [0.15, 0.2) is 15.5 Å². The average molecular weight is 563 g/mol. The van der Waals surface area contributed by atoms with Gasteiger partial charge in [0, 0.05) is 47.1 Å². The van der Waals surface area contributed by atoms with Gasteiger partial charge >= 0.3 is 0 Å². The Morgan fingerprint density at radius 2 is 1.75 bits per heavy atom. The highest BCUT2D eigenvalue weighted by Gasteiger charge is 2.45. The molecule has 2 saturated heterocycles. The molecule has 2 aliphatic heterocycles. The topological polar surface area (TPSA) is 153 Å². The van der Waals surface area contributed by atoms with Gasteiger partial charge in [-0.1, -0.05) is 6.07 Å². The molecule has 4 aromatic rings. The fraction of sp³-hybridized carbons (Fsp3) is 0.357. The fourth-order valence-electron chi connectivity index (χ4n) is 6.25. The number of benzene rings is 1. The molecule has 0 unspecified atom stereocenters. The molecule has 3 aromatic heterocycles. The number of amides is 1. The Balaban J connectivity index is 1.41. The van der Waals surface area contributed by atoms with Crippen molar-refractivity contribution in [2.75, 3.05) is 25.7 Å². The van der Waals surface area contributed by atoms with Gasteiger partial charge in [-0.05, 0) is 56.0 Å². The molecule has 2 aliphatic rings. The molecule has 2 fully saturated rings. The van der Waals surface area contributed by atoms with Crippen molar-refractivity contribution >= 4 is 27.2 Å². The lowest BCUT2D eigenvalue weighted by molar-refractivity contribution is -0.138. The number of nitrogens with two attached hydrogens (primary N) is 1. The number of aliphatic hydroxyl groups excluding tert-OH is 1. The van der Waals surface area contributed by atoms with Crippen LogP contribution in [0.4, 0.5) is 5.82 Å². The minimum absolute atomic E-state index is 0.0118. The molecule has 6 rings (SSSR count). The molecule has 2 bridgehead atoms. The van der Waals surface area contributed by atoms with Crippen molar-refractivity contribution in [3.8, 4) is 28.1 Å². The minimum atomic E-state index is -3.74. The number of pyridine rings is 1. The Hall–Kier alpha value is -4.03. The van der Waals surface area contributed by atoms with E-state index in [-0.39, 0.29) is 34.6 Å². The van der Waals surface area contributed by atoms with E-state index in [4.69, 9.17) is 15.5 Å². The van der Waals surface area contributed by atoms with E-state index in [1.165, 1.54) is 4.52 Å². The summed E-state index contributed by atoms with van der Waals surface area (Å²) in [6.45, 7) is -0.534. The zero-order valence-corrected chi connectivity index (χ0v) is 23.0. The molecule has 0 aliphatic carbocycles. The number of nitrogens with zero attached hydrogens (tertiary/aromatic N) is 5. The summed E-state index contributed by atoms with van der Waals surface area (Å²) < 4.78 is 32.5. The first kappa shape index (κ1) is 26.2. The molecule has 12 heteroatoms. The first-order valence-electron chi connectivity index (χ1n) is 13.1. The van der Waals surface area contributed by atoms with E-state index in [1.807, 2.05) is 36.4 Å². The Labute approximate surface area is 231 Å². The van der Waals surface area contributed by atoms with Crippen LogP contribution in [-0.4, -0.2) is 76.0 Å². The number of ether oxygens (including phenoxy) is 1. The highest BCUT2D eigenvalue weighted by atomic mass is 32.2. The second-order valence-corrected chi connectivity index (χ2v) is 12.4. The van der Waals surface area contributed by atoms with Crippen LogP contribution in [0.25, 0.3) is 28.0 Å². The van der Waals surface area contributed by atoms with E-state index >= 15 is 0 Å². The van der Waals surface area contributed by atoms with E-state index in [1.54, 1.807) is 24.4 Å². The number of nitrogen functional groups attached to an aromatic ring is 1. The number of fused-ring (bicyclic) bond motifs is 3. The summed E-state index contributed by atoms with van der Waals surface area (Å²) in [7, 11) is -2.12. The lowest BCUT2D eigenvalue weighted by Crippen LogP contribution is -2.47. The zero-order chi connectivity index (χ0) is 28.2. The van der Waals surface area contributed by atoms with Gasteiger partial charge in [0.1, 0.15) is 23.1 Å². The van der Waals surface area contributed by atoms with E-state index in [0.717, 1.165) is 41.7 Å². The Bertz CT molecular complexity index is 1690. The van der Waals surface area contributed by atoms with Crippen molar-refractivity contribution in [3.63, 3.8) is 0 Å². The predicted molar refractivity (Wildman–Crippen MR) is 148 cm³/mol. The molecule has 40 heavy (non-hydrogen) atoms. The van der Waals surface area contributed by atoms with E-state index < -0.39 is 16.4 Å². The Morgan fingerprint density at radius 1 is 1.07 bits per heavy atom. The van der Waals surface area contributed by atoms with Gasteiger partial charge in [-0.25, -0.2) is 13.4 Å². The number of sulfone groups is 1. The second kappa shape index (κ2) is 9.86. The third-order valence-electron chi connectivity index (χ3n) is 8.04. The van der Waals surface area contributed by atoms with E-state index in [9.17, 15) is 18.3 Å². The van der Waals surface area contributed by atoms with Crippen LogP contribution in [0.5, 0.6) is 5.75 Å². The Kier molecular flexibility index (Phi) is 6.46. The number of rotatable bonds is 6. The number of anilines is 1. The molecule has 0 spiro atoms. The van der Waals surface area contributed by atoms with Crippen molar-refractivity contribution < 1.29 is 23.1 Å². The number of carbonyl (C=O) groups excluding carboxylic acids is 1. The number of aromatic nitrogens is 4. The summed E-state index contributed by atoms with van der Waals surface area (Å²) in [5.41, 5.74) is 10.5. The van der Waals surface area contributed by atoms with Gasteiger partial charge in [0.2, 0.25) is 5.91 Å². The molecule has 0 radical (unpaired) electrons. The summed E-state index contributed by atoms with van der Waals surface area (Å²) in [5, 5.41) is 13.8. The van der Waals surface area contributed by atoms with Crippen LogP contribution < -0.4 is 10.5 Å². The van der Waals surface area contributed by atoms with Gasteiger partial charge in [-0.3, -0.25) is 9.78 Å². The molecule has 5 heterocycles. The van der Waals surface area contributed by atoms with Crippen molar-refractivity contribution in [2.45, 2.75) is 48.6 Å². The Morgan fingerprint density at radius 3 is 2.33 bits per heavy atom. The van der Waals surface area contributed by atoms with Crippen LogP contribution in [0.2, 0.25) is 0 Å². The van der Waals surface area contributed by atoms with Crippen LogP contribution in [-0.2, 0) is 14.6 Å². The third-order valence-corrected chi connectivity index (χ3v) is 9.20. The van der Waals surface area contributed by atoms with Crippen molar-refractivity contribution in [1.82, 2.24) is 24.5 Å². The predicted octanol–water partition coefficient (Wildman–Crippen LogP) is 2.68. The van der Waals surface area contributed by atoms with Crippen molar-refractivity contribution in [3.05, 3.63) is 54.5 Å². The van der Waals surface area contributed by atoms with Gasteiger partial charge in [-0.2, -0.15) is 9.61 Å². The normalized spacial score (nSPS) is 20.7. The third kappa shape index (κ3) is 4.37. The lowest BCUT2D eigenvalue weighted by atomic mass is 9.87. The molecule has 3 atom stereocenters. The first-order chi connectivity index (χ1) is 19.2. The molecule has 11 nitrogen and oxygen atoms in total. The number of methoxy groups -OCH3 is 1. The van der Waals surface area contributed by atoms with E-state index in [0.29, 0.717) is 29.7 Å². The minimum Gasteiger partial charge on any atom is -0.497 e. The van der Waals surface area contributed by atoms with Gasteiger partial charge in [-0.15, -0.1) is 0 Å². The summed E-state index contributed by atoms with van der Waals surface area (Å²) in [6, 6.07) is 11.3. The standard InChI is InChI=1S/C28H30N6O5S/c1-39-21-8-3-16(4-9-21)23-10-5-17(13-30-23)22-14-31-34-27(29)26(40(2,37)38)25(32-28(22)34)18-11-19-6-7-20(12-18)33(19)24(36)15-35/h3-5,8-10,13-14,18-20,35H,6-7,11-12,15,29H2,1-2H3/t18-,19-,20+. The largest absolute Gasteiger partial charge is 0.497 e. The molecule has 1 amide bonds. The highest BCUT2D eigenvalue weighted by molar-refractivity contribution is 7.91. The zero-order valence-electron chi connectivity index (χ0n) is 22.2. The van der Waals surface area contributed by atoms with Crippen molar-refractivity contribution in [1.29, 1.82) is 0 Å². The van der Waals surface area contributed by atoms with Crippen LogP contribution in [0, 0.1) is 0 Å². The van der Waals surface area contributed by atoms with Crippen LogP contribution in [0.15, 0.2) is 53.7 Å². The summed E-state index contributed by atoms with van der Waals surface area (Å²) >= 11 is 0. The van der Waals surface area contributed by atoms with Crippen molar-refractivity contribution in [2.24, 2.45) is 0 Å². The van der Waals surface area contributed by atoms with Crippen LogP contribution >= 0.6 is 0 Å². The highest BCUT2D eigenvalue weighted by Crippen LogP contribution is 2.45. The summed E-state index contributed by atoms with van der Waals surface area (Å²) in [4.78, 5) is 23.6. The number of aliphatic hydroxyl groups is 1. The monoisotopic (exact) mass is 562 g/mol. The molecule has 1 aromatic carbocycles. The van der Waals surface area contributed by atoms with Crippen LogP contribution in [0.3, 0.4) is 0 Å². The molecule has 0 saturated carbocycles. The maximum absolute atomic E-state index is 13.0. The second-order valence-electron chi connectivity index (χ2n) is 10.5. The lowest BCUT2D eigenvalue weighted by Gasteiger charge is -2.39. The smallest absolute Gasteiger partial charge is 0.248 e. The SMILES string of the molecule is COc1ccc(-c2ccc(-c3cnn4c(N)c(S(C)(=O)=O)c([C@@H]5C[C@H]6CC[C@@H](C5)N6C(=O)CO)nc34)cn2)cc1. The van der Waals surface area contributed by atoms with Gasteiger partial charge < -0.3 is 20.5 Å². The number of hydrogen-bond donors (Lipinski definition) is 2. The van der Waals surface area contributed by atoms with Crippen LogP contribution in [0.1, 0.15) is 37.3 Å². The molecular formula is C28H30N6O5S. The van der Waals surface area contributed by atoms with Gasteiger partial charge in [0.25, 0.3) is 0 Å². The molecule has 3 N–H and O–H groups in total. The first-order valence-corrected chi connectivity index (χ1v) is 15.0. The van der Waals surface area contributed by atoms with Gasteiger partial charge in [0.05, 0.1) is 24.7 Å². The van der Waals surface area contributed by atoms with E-state index in [2.05, 4.69) is 10.1 Å². The maximum atomic E-state index is 13.0. The quantitative estimate of drug-likeness (QED) is 0.361. The fourth-order valence-corrected chi connectivity index (χ4v) is 7.31. The molecular weight excluding hydrogens is 532 g/mol. The number of hydrogen-bond acceptors (Lipinski definition) is 9. The molecule has 208 valence electrons. The maximum Gasteiger partial charge on any atom is 0.248 e. The number of carbonyl (C=O) groups is 1.